The van der Waals surface area contributed by atoms with Crippen LogP contribution < -0.4 is 4.72 Å². The third-order valence-electron chi connectivity index (χ3n) is 4.92. The van der Waals surface area contributed by atoms with Gasteiger partial charge in [0.25, 0.3) is 15.9 Å². The number of aryl methyl sites for hydroxylation is 2. The number of para-hydroxylation sites is 1. The van der Waals surface area contributed by atoms with Gasteiger partial charge >= 0.3 is 0 Å². The number of anilines is 1. The number of aromatic hydroxyl groups is 1. The second-order valence-electron chi connectivity index (χ2n) is 7.32. The standard InChI is InChI=1S/C23H20N4O4S/c1-14-10-11-19(15(2)12-14)27-32(30,31)17-7-5-6-16(13-17)22(28)26-25-21-18-8-3-4-9-20(18)24-23(21)29/h3-13,24,27,29H,1-2H3. The van der Waals surface area contributed by atoms with E-state index in [1.165, 1.54) is 24.3 Å². The number of benzene rings is 3. The molecule has 0 radical (unpaired) electrons. The van der Waals surface area contributed by atoms with E-state index in [0.29, 0.717) is 16.6 Å². The van der Waals surface area contributed by atoms with E-state index in [1.807, 2.05) is 26.0 Å². The summed E-state index contributed by atoms with van der Waals surface area (Å²) in [6.45, 7) is 3.73. The van der Waals surface area contributed by atoms with Gasteiger partial charge in [0, 0.05) is 10.9 Å². The van der Waals surface area contributed by atoms with Crippen molar-refractivity contribution in [2.24, 2.45) is 10.2 Å². The fourth-order valence-corrected chi connectivity index (χ4v) is 4.47. The number of amides is 1. The van der Waals surface area contributed by atoms with Crippen LogP contribution in [0.15, 0.2) is 81.9 Å². The van der Waals surface area contributed by atoms with Gasteiger partial charge < -0.3 is 10.1 Å². The fourth-order valence-electron chi connectivity index (χ4n) is 3.30. The zero-order valence-corrected chi connectivity index (χ0v) is 18.1. The van der Waals surface area contributed by atoms with Crippen molar-refractivity contribution in [1.29, 1.82) is 0 Å². The lowest BCUT2D eigenvalue weighted by molar-refractivity contribution is 0.0995. The average Bonchev–Trinajstić information content (AvgIpc) is 3.09. The van der Waals surface area contributed by atoms with E-state index in [1.54, 1.807) is 30.3 Å². The van der Waals surface area contributed by atoms with E-state index < -0.39 is 15.9 Å². The van der Waals surface area contributed by atoms with E-state index in [9.17, 15) is 18.3 Å². The van der Waals surface area contributed by atoms with Crippen LogP contribution in [0.2, 0.25) is 0 Å². The molecular formula is C23H20N4O4S. The van der Waals surface area contributed by atoms with Gasteiger partial charge in [0.1, 0.15) is 0 Å². The SMILES string of the molecule is Cc1ccc(NS(=O)(=O)c2cccc(C(=O)N=Nc3c(O)[nH]c4ccccc34)c2)c(C)c1. The third kappa shape index (κ3) is 4.23. The summed E-state index contributed by atoms with van der Waals surface area (Å²) < 4.78 is 28.2. The number of fused-ring (bicyclic) bond motifs is 1. The zero-order chi connectivity index (χ0) is 22.9. The van der Waals surface area contributed by atoms with Crippen molar-refractivity contribution < 1.29 is 18.3 Å². The molecule has 0 saturated carbocycles. The molecule has 0 atom stereocenters. The van der Waals surface area contributed by atoms with Crippen LogP contribution in [0.25, 0.3) is 10.9 Å². The molecule has 0 saturated heterocycles. The van der Waals surface area contributed by atoms with Gasteiger partial charge in [-0.1, -0.05) is 42.0 Å². The summed E-state index contributed by atoms with van der Waals surface area (Å²) in [4.78, 5) is 15.2. The highest BCUT2D eigenvalue weighted by atomic mass is 32.2. The van der Waals surface area contributed by atoms with Gasteiger partial charge in [-0.25, -0.2) is 8.42 Å². The lowest BCUT2D eigenvalue weighted by Gasteiger charge is -2.11. The molecule has 0 aliphatic carbocycles. The molecule has 1 amide bonds. The Bertz CT molecular complexity index is 1470. The van der Waals surface area contributed by atoms with Gasteiger partial charge in [0.05, 0.1) is 16.1 Å². The highest BCUT2D eigenvalue weighted by molar-refractivity contribution is 7.92. The van der Waals surface area contributed by atoms with E-state index in [-0.39, 0.29) is 22.0 Å². The maximum Gasteiger partial charge on any atom is 0.295 e. The molecule has 1 aromatic heterocycles. The lowest BCUT2D eigenvalue weighted by Crippen LogP contribution is -2.14. The number of hydrogen-bond acceptors (Lipinski definition) is 5. The summed E-state index contributed by atoms with van der Waals surface area (Å²) >= 11 is 0. The smallest absolute Gasteiger partial charge is 0.295 e. The number of hydrogen-bond donors (Lipinski definition) is 3. The minimum Gasteiger partial charge on any atom is -0.493 e. The summed E-state index contributed by atoms with van der Waals surface area (Å²) in [5.74, 6) is -0.949. The minimum atomic E-state index is -3.92. The number of nitrogens with one attached hydrogen (secondary N) is 2. The number of rotatable bonds is 5. The summed E-state index contributed by atoms with van der Waals surface area (Å²) in [6.07, 6.45) is 0. The number of aromatic nitrogens is 1. The summed E-state index contributed by atoms with van der Waals surface area (Å²) in [5.41, 5.74) is 3.10. The Kier molecular flexibility index (Phi) is 5.50. The largest absolute Gasteiger partial charge is 0.493 e. The van der Waals surface area contributed by atoms with Crippen LogP contribution >= 0.6 is 0 Å². The number of aromatic amines is 1. The topological polar surface area (TPSA) is 124 Å². The lowest BCUT2D eigenvalue weighted by atomic mass is 10.1. The average molecular weight is 449 g/mol. The van der Waals surface area contributed by atoms with Crippen LogP contribution in [0.1, 0.15) is 21.5 Å². The van der Waals surface area contributed by atoms with Crippen molar-refractivity contribution in [1.82, 2.24) is 4.98 Å². The Morgan fingerprint density at radius 1 is 1.00 bits per heavy atom. The Morgan fingerprint density at radius 3 is 2.56 bits per heavy atom. The van der Waals surface area contributed by atoms with Gasteiger partial charge in [-0.2, -0.15) is 0 Å². The summed E-state index contributed by atoms with van der Waals surface area (Å²) in [6, 6.07) is 18.0. The maximum absolute atomic E-state index is 12.8. The molecule has 9 heteroatoms. The van der Waals surface area contributed by atoms with Crippen molar-refractivity contribution in [3.63, 3.8) is 0 Å². The van der Waals surface area contributed by atoms with Crippen molar-refractivity contribution in [2.45, 2.75) is 18.7 Å². The van der Waals surface area contributed by atoms with Crippen LogP contribution in [-0.4, -0.2) is 24.4 Å². The second kappa shape index (κ2) is 8.27. The molecule has 8 nitrogen and oxygen atoms in total. The normalized spacial score (nSPS) is 11.8. The van der Waals surface area contributed by atoms with Gasteiger partial charge in [-0.15, -0.1) is 10.2 Å². The van der Waals surface area contributed by atoms with Crippen molar-refractivity contribution in [3.8, 4) is 5.88 Å². The number of H-pyrrole nitrogens is 1. The number of carbonyl (C=O) groups is 1. The molecule has 3 aromatic carbocycles. The molecule has 0 fully saturated rings. The van der Waals surface area contributed by atoms with E-state index >= 15 is 0 Å². The Morgan fingerprint density at radius 2 is 1.78 bits per heavy atom. The quantitative estimate of drug-likeness (QED) is 0.362. The molecule has 0 unspecified atom stereocenters. The number of sulfonamides is 1. The van der Waals surface area contributed by atoms with E-state index in [2.05, 4.69) is 19.9 Å². The molecule has 0 bridgehead atoms. The first-order valence-corrected chi connectivity index (χ1v) is 11.2. The van der Waals surface area contributed by atoms with Crippen LogP contribution in [-0.2, 0) is 10.0 Å². The third-order valence-corrected chi connectivity index (χ3v) is 6.28. The van der Waals surface area contributed by atoms with E-state index in [0.717, 1.165) is 11.1 Å². The number of azo groups is 1. The molecule has 3 N–H and O–H groups in total. The van der Waals surface area contributed by atoms with Gasteiger partial charge in [-0.05, 0) is 49.7 Å². The molecular weight excluding hydrogens is 428 g/mol. The zero-order valence-electron chi connectivity index (χ0n) is 17.3. The highest BCUT2D eigenvalue weighted by Gasteiger charge is 2.18. The highest BCUT2D eigenvalue weighted by Crippen LogP contribution is 2.35. The van der Waals surface area contributed by atoms with Gasteiger partial charge in [-0.3, -0.25) is 9.52 Å². The first-order chi connectivity index (χ1) is 15.2. The van der Waals surface area contributed by atoms with Crippen LogP contribution in [0, 0.1) is 13.8 Å². The summed E-state index contributed by atoms with van der Waals surface area (Å²) in [5, 5.41) is 18.2. The maximum atomic E-state index is 12.8. The Balaban J connectivity index is 1.60. The first-order valence-electron chi connectivity index (χ1n) is 9.70. The second-order valence-corrected chi connectivity index (χ2v) is 9.01. The summed E-state index contributed by atoms with van der Waals surface area (Å²) in [7, 11) is -3.92. The molecule has 0 aliphatic heterocycles. The van der Waals surface area contributed by atoms with Crippen molar-refractivity contribution in [2.75, 3.05) is 4.72 Å². The monoisotopic (exact) mass is 448 g/mol. The molecule has 162 valence electrons. The van der Waals surface area contributed by atoms with Crippen molar-refractivity contribution >= 4 is 38.2 Å². The van der Waals surface area contributed by atoms with Crippen LogP contribution in [0.4, 0.5) is 11.4 Å². The predicted molar refractivity (Wildman–Crippen MR) is 122 cm³/mol. The van der Waals surface area contributed by atoms with Crippen LogP contribution in [0.5, 0.6) is 5.88 Å². The molecule has 4 rings (SSSR count). The molecule has 0 spiro atoms. The molecule has 32 heavy (non-hydrogen) atoms. The minimum absolute atomic E-state index is 0.0524. The van der Waals surface area contributed by atoms with Crippen LogP contribution in [0.3, 0.4) is 0 Å². The van der Waals surface area contributed by atoms with Crippen molar-refractivity contribution in [3.05, 3.63) is 83.4 Å². The predicted octanol–water partition coefficient (Wildman–Crippen LogP) is 5.22. The number of carbonyl (C=O) groups excluding carboxylic acids is 1. The Hall–Kier alpha value is -3.98. The van der Waals surface area contributed by atoms with Gasteiger partial charge in [0.2, 0.25) is 5.88 Å². The Labute approximate surface area is 184 Å². The molecule has 1 heterocycles. The first kappa shape index (κ1) is 21.3. The van der Waals surface area contributed by atoms with E-state index in [4.69, 9.17) is 0 Å². The molecule has 0 aliphatic rings. The molecule has 4 aromatic rings. The fraction of sp³-hybridized carbons (Fsp3) is 0.0870. The number of nitrogens with zero attached hydrogens (tertiary/aromatic N) is 2. The van der Waals surface area contributed by atoms with Gasteiger partial charge in [0.15, 0.2) is 5.69 Å².